The summed E-state index contributed by atoms with van der Waals surface area (Å²) in [7, 11) is 3.95. The van der Waals surface area contributed by atoms with E-state index in [-0.39, 0.29) is 5.92 Å². The molecule has 3 heteroatoms. The fourth-order valence-electron chi connectivity index (χ4n) is 1.85. The average molecular weight is 235 g/mol. The minimum atomic E-state index is -0.726. The van der Waals surface area contributed by atoms with Gasteiger partial charge in [-0.3, -0.25) is 4.79 Å². The van der Waals surface area contributed by atoms with Gasteiger partial charge in [-0.05, 0) is 24.1 Å². The predicted octanol–water partition coefficient (Wildman–Crippen LogP) is 3.11. The molecule has 1 N–H and O–H groups in total. The van der Waals surface area contributed by atoms with Crippen molar-refractivity contribution in [1.29, 1.82) is 0 Å². The highest BCUT2D eigenvalue weighted by atomic mass is 16.4. The molecule has 0 saturated heterocycles. The number of rotatable bonds is 6. The van der Waals surface area contributed by atoms with E-state index in [1.807, 2.05) is 43.3 Å². The largest absolute Gasteiger partial charge is 0.481 e. The van der Waals surface area contributed by atoms with E-state index in [0.717, 1.165) is 24.1 Å². The Morgan fingerprint density at radius 1 is 1.29 bits per heavy atom. The zero-order chi connectivity index (χ0) is 12.8. The zero-order valence-electron chi connectivity index (χ0n) is 10.8. The molecule has 1 unspecified atom stereocenters. The minimum Gasteiger partial charge on any atom is -0.481 e. The molecule has 0 aliphatic heterocycles. The van der Waals surface area contributed by atoms with Crippen LogP contribution in [0.2, 0.25) is 0 Å². The molecule has 0 aromatic heterocycles. The third kappa shape index (κ3) is 3.77. The lowest BCUT2D eigenvalue weighted by Crippen LogP contribution is -2.12. The first kappa shape index (κ1) is 13.6. The Bertz CT molecular complexity index is 357. The number of carboxylic acid groups (broad SMARTS) is 1. The quantitative estimate of drug-likeness (QED) is 0.823. The SMILES string of the molecule is CCCCC(C(=O)O)c1ccc(N(C)C)cc1. The lowest BCUT2D eigenvalue weighted by atomic mass is 9.93. The second kappa shape index (κ2) is 6.28. The summed E-state index contributed by atoms with van der Waals surface area (Å²) in [6.45, 7) is 2.08. The van der Waals surface area contributed by atoms with E-state index in [2.05, 4.69) is 6.92 Å². The number of aliphatic carboxylic acids is 1. The van der Waals surface area contributed by atoms with E-state index < -0.39 is 5.97 Å². The molecule has 1 atom stereocenters. The molecule has 0 fully saturated rings. The average Bonchev–Trinajstić information content (AvgIpc) is 2.29. The van der Waals surface area contributed by atoms with Crippen LogP contribution in [0.1, 0.15) is 37.7 Å². The first-order valence-corrected chi connectivity index (χ1v) is 6.06. The minimum absolute atomic E-state index is 0.369. The van der Waals surface area contributed by atoms with Gasteiger partial charge in [0.15, 0.2) is 0 Å². The lowest BCUT2D eigenvalue weighted by molar-refractivity contribution is -0.139. The summed E-state index contributed by atoms with van der Waals surface area (Å²) in [5.41, 5.74) is 1.99. The number of unbranched alkanes of at least 4 members (excludes halogenated alkanes) is 1. The van der Waals surface area contributed by atoms with Crippen LogP contribution in [-0.2, 0) is 4.79 Å². The maximum absolute atomic E-state index is 11.2. The van der Waals surface area contributed by atoms with Crippen LogP contribution in [0.3, 0.4) is 0 Å². The molecular weight excluding hydrogens is 214 g/mol. The van der Waals surface area contributed by atoms with Gasteiger partial charge in [-0.25, -0.2) is 0 Å². The topological polar surface area (TPSA) is 40.5 Å². The van der Waals surface area contributed by atoms with Gasteiger partial charge >= 0.3 is 5.97 Å². The van der Waals surface area contributed by atoms with E-state index in [9.17, 15) is 9.90 Å². The summed E-state index contributed by atoms with van der Waals surface area (Å²) < 4.78 is 0. The highest BCUT2D eigenvalue weighted by Crippen LogP contribution is 2.24. The van der Waals surface area contributed by atoms with Crippen molar-refractivity contribution in [3.05, 3.63) is 29.8 Å². The summed E-state index contributed by atoms with van der Waals surface area (Å²) in [6.07, 6.45) is 2.69. The van der Waals surface area contributed by atoms with E-state index in [0.29, 0.717) is 6.42 Å². The summed E-state index contributed by atoms with van der Waals surface area (Å²) in [6, 6.07) is 7.78. The third-order valence-electron chi connectivity index (χ3n) is 2.96. The molecule has 1 aromatic rings. The van der Waals surface area contributed by atoms with Crippen molar-refractivity contribution in [1.82, 2.24) is 0 Å². The molecule has 0 radical (unpaired) electrons. The number of nitrogens with zero attached hydrogens (tertiary/aromatic N) is 1. The highest BCUT2D eigenvalue weighted by Gasteiger charge is 2.18. The van der Waals surface area contributed by atoms with Crippen molar-refractivity contribution in [3.8, 4) is 0 Å². The van der Waals surface area contributed by atoms with Gasteiger partial charge in [-0.15, -0.1) is 0 Å². The van der Waals surface area contributed by atoms with E-state index >= 15 is 0 Å². The number of benzene rings is 1. The molecular formula is C14H21NO2. The van der Waals surface area contributed by atoms with Crippen molar-refractivity contribution in [2.75, 3.05) is 19.0 Å². The molecule has 0 bridgehead atoms. The van der Waals surface area contributed by atoms with Gasteiger partial charge in [0, 0.05) is 19.8 Å². The number of hydrogen-bond acceptors (Lipinski definition) is 2. The van der Waals surface area contributed by atoms with Crippen LogP contribution in [0.5, 0.6) is 0 Å². The molecule has 0 saturated carbocycles. The second-order valence-corrected chi connectivity index (χ2v) is 4.52. The Morgan fingerprint density at radius 3 is 2.29 bits per heavy atom. The van der Waals surface area contributed by atoms with Crippen LogP contribution in [0.15, 0.2) is 24.3 Å². The van der Waals surface area contributed by atoms with Gasteiger partial charge in [0.1, 0.15) is 0 Å². The van der Waals surface area contributed by atoms with Crippen LogP contribution in [0, 0.1) is 0 Å². The molecule has 1 aromatic carbocycles. The molecule has 0 amide bonds. The summed E-state index contributed by atoms with van der Waals surface area (Å²) in [5.74, 6) is -1.10. The summed E-state index contributed by atoms with van der Waals surface area (Å²) in [4.78, 5) is 13.2. The fourth-order valence-corrected chi connectivity index (χ4v) is 1.85. The van der Waals surface area contributed by atoms with Crippen molar-refractivity contribution >= 4 is 11.7 Å². The van der Waals surface area contributed by atoms with Gasteiger partial charge in [-0.2, -0.15) is 0 Å². The van der Waals surface area contributed by atoms with Crippen molar-refractivity contribution in [2.24, 2.45) is 0 Å². The molecule has 94 valence electrons. The zero-order valence-corrected chi connectivity index (χ0v) is 10.8. The van der Waals surface area contributed by atoms with Gasteiger partial charge in [-0.1, -0.05) is 31.9 Å². The van der Waals surface area contributed by atoms with E-state index in [4.69, 9.17) is 0 Å². The molecule has 1 rings (SSSR count). The van der Waals surface area contributed by atoms with Crippen LogP contribution < -0.4 is 4.90 Å². The van der Waals surface area contributed by atoms with Crippen molar-refractivity contribution < 1.29 is 9.90 Å². The van der Waals surface area contributed by atoms with Crippen LogP contribution in [-0.4, -0.2) is 25.2 Å². The Kier molecular flexibility index (Phi) is 5.01. The molecule has 0 aliphatic rings. The van der Waals surface area contributed by atoms with Crippen molar-refractivity contribution in [2.45, 2.75) is 32.1 Å². The Morgan fingerprint density at radius 2 is 1.88 bits per heavy atom. The monoisotopic (exact) mass is 235 g/mol. The maximum Gasteiger partial charge on any atom is 0.310 e. The number of carboxylic acids is 1. The Balaban J connectivity index is 2.83. The van der Waals surface area contributed by atoms with Crippen LogP contribution in [0.25, 0.3) is 0 Å². The first-order valence-electron chi connectivity index (χ1n) is 6.06. The Hall–Kier alpha value is -1.51. The predicted molar refractivity (Wildman–Crippen MR) is 70.7 cm³/mol. The highest BCUT2D eigenvalue weighted by molar-refractivity contribution is 5.76. The van der Waals surface area contributed by atoms with Crippen LogP contribution in [0.4, 0.5) is 5.69 Å². The summed E-state index contributed by atoms with van der Waals surface area (Å²) in [5, 5.41) is 9.22. The van der Waals surface area contributed by atoms with Crippen molar-refractivity contribution in [3.63, 3.8) is 0 Å². The molecule has 0 heterocycles. The first-order chi connectivity index (χ1) is 8.06. The summed E-state index contributed by atoms with van der Waals surface area (Å²) >= 11 is 0. The molecule has 0 spiro atoms. The van der Waals surface area contributed by atoms with Crippen LogP contribution >= 0.6 is 0 Å². The standard InChI is InChI=1S/C14H21NO2/c1-4-5-6-13(14(16)17)11-7-9-12(10-8-11)15(2)3/h7-10,13H,4-6H2,1-3H3,(H,16,17). The fraction of sp³-hybridized carbons (Fsp3) is 0.500. The maximum atomic E-state index is 11.2. The van der Waals surface area contributed by atoms with E-state index in [1.165, 1.54) is 0 Å². The molecule has 17 heavy (non-hydrogen) atoms. The lowest BCUT2D eigenvalue weighted by Gasteiger charge is -2.16. The van der Waals surface area contributed by atoms with Gasteiger partial charge in [0.05, 0.1) is 5.92 Å². The normalized spacial score (nSPS) is 12.2. The molecule has 0 aliphatic carbocycles. The smallest absolute Gasteiger partial charge is 0.310 e. The van der Waals surface area contributed by atoms with Gasteiger partial charge in [0.25, 0.3) is 0 Å². The van der Waals surface area contributed by atoms with Gasteiger partial charge < -0.3 is 10.0 Å². The second-order valence-electron chi connectivity index (χ2n) is 4.52. The molecule has 3 nitrogen and oxygen atoms in total. The number of hydrogen-bond donors (Lipinski definition) is 1. The van der Waals surface area contributed by atoms with Gasteiger partial charge in [0.2, 0.25) is 0 Å². The number of carbonyl (C=O) groups is 1. The Labute approximate surface area is 103 Å². The number of anilines is 1. The third-order valence-corrected chi connectivity index (χ3v) is 2.96. The van der Waals surface area contributed by atoms with E-state index in [1.54, 1.807) is 0 Å².